The Hall–Kier alpha value is -1.56. The maximum atomic E-state index is 11.6. The van der Waals surface area contributed by atoms with E-state index in [9.17, 15) is 13.2 Å². The number of anilines is 2. The topological polar surface area (TPSA) is 66.5 Å². The van der Waals surface area contributed by atoms with E-state index in [2.05, 4.69) is 4.72 Å². The summed E-state index contributed by atoms with van der Waals surface area (Å²) in [6.07, 6.45) is 0.570. The molecule has 0 saturated heterocycles. The fraction of sp³-hybridized carbons (Fsp3) is 0.417. The van der Waals surface area contributed by atoms with Crippen LogP contribution < -0.4 is 9.62 Å². The number of sulfonamides is 1. The van der Waals surface area contributed by atoms with Gasteiger partial charge < -0.3 is 4.90 Å². The Morgan fingerprint density at radius 2 is 1.83 bits per heavy atom. The second kappa shape index (κ2) is 5.86. The molecule has 1 rings (SSSR count). The predicted octanol–water partition coefficient (Wildman–Crippen LogP) is 1.82. The minimum atomic E-state index is -3.26. The fourth-order valence-corrected chi connectivity index (χ4v) is 2.57. The highest BCUT2D eigenvalue weighted by atomic mass is 32.2. The maximum Gasteiger partial charge on any atom is 0.232 e. The van der Waals surface area contributed by atoms with Gasteiger partial charge in [-0.05, 0) is 30.7 Å². The first kappa shape index (κ1) is 14.5. The van der Waals surface area contributed by atoms with Gasteiger partial charge in [-0.1, -0.05) is 6.92 Å². The average molecular weight is 270 g/mol. The van der Waals surface area contributed by atoms with Crippen LogP contribution in [0.25, 0.3) is 0 Å². The molecule has 0 unspecified atom stereocenters. The smallest absolute Gasteiger partial charge is 0.232 e. The van der Waals surface area contributed by atoms with Gasteiger partial charge >= 0.3 is 0 Å². The van der Waals surface area contributed by atoms with E-state index in [-0.39, 0.29) is 11.7 Å². The van der Waals surface area contributed by atoms with Gasteiger partial charge in [-0.15, -0.1) is 0 Å². The lowest BCUT2D eigenvalue weighted by atomic mass is 10.2. The summed E-state index contributed by atoms with van der Waals surface area (Å²) >= 11 is 0. The molecule has 0 saturated carbocycles. The van der Waals surface area contributed by atoms with Crippen LogP contribution in [0, 0.1) is 0 Å². The molecular formula is C12H18N2O3S. The molecule has 1 aromatic carbocycles. The van der Waals surface area contributed by atoms with E-state index in [1.807, 2.05) is 6.92 Å². The molecule has 1 amide bonds. The third-order valence-electron chi connectivity index (χ3n) is 2.47. The number of amides is 1. The zero-order valence-electron chi connectivity index (χ0n) is 10.8. The second-order valence-electron chi connectivity index (χ2n) is 4.05. The van der Waals surface area contributed by atoms with E-state index in [1.165, 1.54) is 11.8 Å². The second-order valence-corrected chi connectivity index (χ2v) is 5.89. The fourth-order valence-electron chi connectivity index (χ4n) is 1.43. The van der Waals surface area contributed by atoms with Crippen LogP contribution in [0.4, 0.5) is 11.4 Å². The minimum Gasteiger partial charge on any atom is -0.316 e. The first-order valence-electron chi connectivity index (χ1n) is 5.70. The molecule has 1 N–H and O–H groups in total. The molecule has 0 fully saturated rings. The quantitative estimate of drug-likeness (QED) is 0.887. The normalized spacial score (nSPS) is 11.1. The maximum absolute atomic E-state index is 11.6. The average Bonchev–Trinajstić information content (AvgIpc) is 2.28. The Morgan fingerprint density at radius 3 is 2.28 bits per heavy atom. The Labute approximate surface area is 108 Å². The molecular weight excluding hydrogens is 252 g/mol. The van der Waals surface area contributed by atoms with E-state index in [1.54, 1.807) is 31.3 Å². The zero-order chi connectivity index (χ0) is 13.8. The van der Waals surface area contributed by atoms with Crippen LogP contribution in [0.1, 0.15) is 20.3 Å². The lowest BCUT2D eigenvalue weighted by Gasteiger charge is -2.15. The first-order chi connectivity index (χ1) is 8.35. The van der Waals surface area contributed by atoms with Crippen LogP contribution >= 0.6 is 0 Å². The summed E-state index contributed by atoms with van der Waals surface area (Å²) in [7, 11) is -1.60. The number of benzene rings is 1. The molecule has 5 nitrogen and oxygen atoms in total. The Bertz CT molecular complexity index is 509. The van der Waals surface area contributed by atoms with E-state index >= 15 is 0 Å². The minimum absolute atomic E-state index is 0.0747. The van der Waals surface area contributed by atoms with E-state index < -0.39 is 10.0 Å². The summed E-state index contributed by atoms with van der Waals surface area (Å²) in [5.74, 6) is 0.0246. The highest BCUT2D eigenvalue weighted by Gasteiger charge is 2.09. The molecule has 18 heavy (non-hydrogen) atoms. The largest absolute Gasteiger partial charge is 0.316 e. The molecule has 0 aromatic heterocycles. The Morgan fingerprint density at radius 1 is 1.28 bits per heavy atom. The van der Waals surface area contributed by atoms with E-state index in [0.717, 1.165) is 5.69 Å². The summed E-state index contributed by atoms with van der Waals surface area (Å²) in [4.78, 5) is 12.6. The SMILES string of the molecule is CCCS(=O)(=O)Nc1ccc(N(C)C(C)=O)cc1. The molecule has 6 heteroatoms. The molecule has 0 aliphatic heterocycles. The van der Waals surface area contributed by atoms with Gasteiger partial charge in [0, 0.05) is 25.3 Å². The monoisotopic (exact) mass is 270 g/mol. The molecule has 0 radical (unpaired) electrons. The summed E-state index contributed by atoms with van der Waals surface area (Å²) in [6.45, 7) is 3.28. The van der Waals surface area contributed by atoms with Crippen molar-refractivity contribution in [1.82, 2.24) is 0 Å². The number of nitrogens with zero attached hydrogens (tertiary/aromatic N) is 1. The molecule has 0 aliphatic rings. The number of rotatable bonds is 5. The van der Waals surface area contributed by atoms with Gasteiger partial charge in [-0.2, -0.15) is 0 Å². The van der Waals surface area contributed by atoms with Crippen molar-refractivity contribution in [2.24, 2.45) is 0 Å². The van der Waals surface area contributed by atoms with Gasteiger partial charge in [0.2, 0.25) is 15.9 Å². The molecule has 1 aromatic rings. The molecule has 0 atom stereocenters. The third kappa shape index (κ3) is 4.03. The van der Waals surface area contributed by atoms with Crippen LogP contribution in [0.3, 0.4) is 0 Å². The third-order valence-corrected chi connectivity index (χ3v) is 3.97. The number of nitrogens with one attached hydrogen (secondary N) is 1. The first-order valence-corrected chi connectivity index (χ1v) is 7.36. The standard InChI is InChI=1S/C12H18N2O3S/c1-4-9-18(16,17)13-11-5-7-12(8-6-11)14(3)10(2)15/h5-8,13H,4,9H2,1-3H3. The Kier molecular flexibility index (Phi) is 4.72. The van der Waals surface area contributed by atoms with Gasteiger partial charge in [-0.3, -0.25) is 9.52 Å². The van der Waals surface area contributed by atoms with Crippen molar-refractivity contribution in [3.8, 4) is 0 Å². The molecule has 0 spiro atoms. The van der Waals surface area contributed by atoms with Crippen LogP contribution in [-0.4, -0.2) is 27.1 Å². The van der Waals surface area contributed by atoms with Crippen LogP contribution in [0.5, 0.6) is 0 Å². The Balaban J connectivity index is 2.81. The highest BCUT2D eigenvalue weighted by Crippen LogP contribution is 2.17. The van der Waals surface area contributed by atoms with Crippen molar-refractivity contribution in [1.29, 1.82) is 0 Å². The molecule has 0 heterocycles. The summed E-state index contributed by atoms with van der Waals surface area (Å²) < 4.78 is 25.6. The number of hydrogen-bond acceptors (Lipinski definition) is 3. The summed E-state index contributed by atoms with van der Waals surface area (Å²) in [6, 6.07) is 6.68. The van der Waals surface area contributed by atoms with Crippen molar-refractivity contribution in [3.05, 3.63) is 24.3 Å². The van der Waals surface area contributed by atoms with Gasteiger partial charge in [0.1, 0.15) is 0 Å². The van der Waals surface area contributed by atoms with Gasteiger partial charge in [0.05, 0.1) is 5.75 Å². The van der Waals surface area contributed by atoms with Crippen molar-refractivity contribution < 1.29 is 13.2 Å². The zero-order valence-corrected chi connectivity index (χ0v) is 11.6. The van der Waals surface area contributed by atoms with Crippen molar-refractivity contribution in [2.75, 3.05) is 22.4 Å². The lowest BCUT2D eigenvalue weighted by Crippen LogP contribution is -2.22. The van der Waals surface area contributed by atoms with Crippen LogP contribution in [0.15, 0.2) is 24.3 Å². The molecule has 0 aliphatic carbocycles. The number of carbonyl (C=O) groups is 1. The summed E-state index contributed by atoms with van der Waals surface area (Å²) in [5, 5.41) is 0. The van der Waals surface area contributed by atoms with E-state index in [0.29, 0.717) is 12.1 Å². The van der Waals surface area contributed by atoms with Crippen LogP contribution in [0.2, 0.25) is 0 Å². The highest BCUT2D eigenvalue weighted by molar-refractivity contribution is 7.92. The number of carbonyl (C=O) groups excluding carboxylic acids is 1. The van der Waals surface area contributed by atoms with E-state index in [4.69, 9.17) is 0 Å². The van der Waals surface area contributed by atoms with Gasteiger partial charge in [-0.25, -0.2) is 8.42 Å². The van der Waals surface area contributed by atoms with Crippen molar-refractivity contribution in [3.63, 3.8) is 0 Å². The predicted molar refractivity (Wildman–Crippen MR) is 73.2 cm³/mol. The van der Waals surface area contributed by atoms with Crippen LogP contribution in [-0.2, 0) is 14.8 Å². The van der Waals surface area contributed by atoms with Gasteiger partial charge in [0.25, 0.3) is 0 Å². The van der Waals surface area contributed by atoms with Crippen molar-refractivity contribution >= 4 is 27.3 Å². The molecule has 100 valence electrons. The van der Waals surface area contributed by atoms with Crippen molar-refractivity contribution in [2.45, 2.75) is 20.3 Å². The summed E-state index contributed by atoms with van der Waals surface area (Å²) in [5.41, 5.74) is 1.23. The lowest BCUT2D eigenvalue weighted by molar-refractivity contribution is -0.116. The van der Waals surface area contributed by atoms with Gasteiger partial charge in [0.15, 0.2) is 0 Å². The molecule has 0 bridgehead atoms. The number of hydrogen-bond donors (Lipinski definition) is 1.